The van der Waals surface area contributed by atoms with Gasteiger partial charge in [-0.25, -0.2) is 0 Å². The molecule has 0 spiro atoms. The average Bonchev–Trinajstić information content (AvgIpc) is 2.26. The molecule has 0 radical (unpaired) electrons. The number of methoxy groups -OCH3 is 1. The van der Waals surface area contributed by atoms with E-state index in [9.17, 15) is 14.9 Å². The van der Waals surface area contributed by atoms with E-state index in [-0.39, 0.29) is 22.6 Å². The minimum atomic E-state index is -0.900. The smallest absolute Gasteiger partial charge is 0.274 e. The van der Waals surface area contributed by atoms with Gasteiger partial charge in [0.25, 0.3) is 10.9 Å². The lowest BCUT2D eigenvalue weighted by molar-refractivity contribution is -0.384. The number of nitro groups is 1. The Morgan fingerprint density at radius 2 is 2.25 bits per heavy atom. The maximum Gasteiger partial charge on any atom is 0.274 e. The number of ether oxygens (including phenoxy) is 1. The van der Waals surface area contributed by atoms with E-state index in [0.29, 0.717) is 0 Å². The molecule has 0 unspecified atom stereocenters. The first-order chi connectivity index (χ1) is 7.51. The van der Waals surface area contributed by atoms with Gasteiger partial charge in [-0.05, 0) is 11.6 Å². The zero-order chi connectivity index (χ0) is 12.3. The summed E-state index contributed by atoms with van der Waals surface area (Å²) in [6.45, 7) is 0. The van der Waals surface area contributed by atoms with Gasteiger partial charge in [-0.3, -0.25) is 14.9 Å². The van der Waals surface area contributed by atoms with Gasteiger partial charge in [0.2, 0.25) is 0 Å². The van der Waals surface area contributed by atoms with Gasteiger partial charge >= 0.3 is 0 Å². The summed E-state index contributed by atoms with van der Waals surface area (Å²) in [6.07, 6.45) is 0. The Bertz CT molecular complexity index is 507. The van der Waals surface area contributed by atoms with Crippen LogP contribution in [0.3, 0.4) is 0 Å². The van der Waals surface area contributed by atoms with Gasteiger partial charge in [0, 0.05) is 6.07 Å². The Hall–Kier alpha value is -2.13. The van der Waals surface area contributed by atoms with Crippen LogP contribution >= 0.6 is 11.6 Å². The molecule has 0 saturated carbocycles. The summed E-state index contributed by atoms with van der Waals surface area (Å²) in [5.74, 6) is -0.0919. The molecular weight excluding hydrogens is 236 g/mol. The van der Waals surface area contributed by atoms with E-state index in [2.05, 4.69) is 0 Å². The molecule has 0 bridgehead atoms. The Kier molecular flexibility index (Phi) is 3.43. The van der Waals surface area contributed by atoms with Crippen molar-refractivity contribution in [3.05, 3.63) is 33.4 Å². The zero-order valence-corrected chi connectivity index (χ0v) is 8.82. The van der Waals surface area contributed by atoms with Crippen LogP contribution in [0.1, 0.15) is 15.9 Å². The van der Waals surface area contributed by atoms with Crippen LogP contribution in [0.25, 0.3) is 0 Å². The molecule has 1 rings (SSSR count). The fraction of sp³-hybridized carbons (Fsp3) is 0.111. The van der Waals surface area contributed by atoms with E-state index in [0.717, 1.165) is 12.1 Å². The number of hydrogen-bond acceptors (Lipinski definition) is 5. The number of carbonyl (C=O) groups excluding carboxylic acids is 1. The van der Waals surface area contributed by atoms with Crippen molar-refractivity contribution < 1.29 is 14.5 Å². The Balaban J connectivity index is 3.57. The molecule has 6 nitrogen and oxygen atoms in total. The maximum atomic E-state index is 11.1. The molecule has 0 fully saturated rings. The van der Waals surface area contributed by atoms with Crippen LogP contribution in [0.2, 0.25) is 0 Å². The van der Waals surface area contributed by atoms with Crippen molar-refractivity contribution in [2.24, 2.45) is 0 Å². The maximum absolute atomic E-state index is 11.1. The third-order valence-electron chi connectivity index (χ3n) is 1.83. The van der Waals surface area contributed by atoms with Crippen molar-refractivity contribution in [3.63, 3.8) is 0 Å². The number of carbonyl (C=O) groups is 1. The van der Waals surface area contributed by atoms with Crippen LogP contribution < -0.4 is 4.74 Å². The predicted octanol–water partition coefficient (Wildman–Crippen LogP) is 1.85. The zero-order valence-electron chi connectivity index (χ0n) is 8.06. The number of halogens is 1. The van der Waals surface area contributed by atoms with Gasteiger partial charge in [0.15, 0.2) is 0 Å². The average molecular weight is 241 g/mol. The summed E-state index contributed by atoms with van der Waals surface area (Å²) in [6, 6.07) is 3.67. The van der Waals surface area contributed by atoms with Gasteiger partial charge in [-0.15, -0.1) is 0 Å². The third-order valence-corrected chi connectivity index (χ3v) is 2.02. The minimum Gasteiger partial charge on any atom is -0.496 e. The van der Waals surface area contributed by atoms with Crippen molar-refractivity contribution in [1.82, 2.24) is 0 Å². The van der Waals surface area contributed by atoms with Gasteiger partial charge < -0.3 is 4.74 Å². The second-order valence-corrected chi connectivity index (χ2v) is 3.06. The normalized spacial score (nSPS) is 9.31. The van der Waals surface area contributed by atoms with Crippen molar-refractivity contribution >= 4 is 22.5 Å². The minimum absolute atomic E-state index is 0.0919. The molecule has 7 heteroatoms. The van der Waals surface area contributed by atoms with Gasteiger partial charge in [-0.1, -0.05) is 0 Å². The number of nitro benzene ring substituents is 1. The first-order valence-corrected chi connectivity index (χ1v) is 4.35. The number of rotatable bonds is 3. The summed E-state index contributed by atoms with van der Waals surface area (Å²) < 4.78 is 4.78. The molecule has 1 aromatic carbocycles. The fourth-order valence-electron chi connectivity index (χ4n) is 1.16. The molecule has 0 heterocycles. The number of nitriles is 1. The molecule has 1 aromatic rings. The highest BCUT2D eigenvalue weighted by atomic mass is 35.5. The number of benzene rings is 1. The molecule has 0 aromatic heterocycles. The molecule has 0 saturated heterocycles. The highest BCUT2D eigenvalue weighted by molar-refractivity contribution is 6.68. The number of hydrogen-bond donors (Lipinski definition) is 0. The second kappa shape index (κ2) is 4.59. The van der Waals surface area contributed by atoms with E-state index in [1.165, 1.54) is 7.11 Å². The summed E-state index contributed by atoms with van der Waals surface area (Å²) in [5, 5.41) is 18.4. The van der Waals surface area contributed by atoms with Crippen LogP contribution in [0.15, 0.2) is 12.1 Å². The van der Waals surface area contributed by atoms with Crippen LogP contribution in [0, 0.1) is 21.4 Å². The van der Waals surface area contributed by atoms with Crippen molar-refractivity contribution in [2.75, 3.05) is 7.11 Å². The molecule has 0 N–H and O–H groups in total. The summed E-state index contributed by atoms with van der Waals surface area (Å²) in [5.41, 5.74) is -0.696. The standard InChI is InChI=1S/C9H5ClN2O4/c1-16-7-3-6(12(14)15)2-5(4-11)8(7)9(10)13/h2-3H,1H3. The number of nitrogens with zero attached hydrogens (tertiary/aromatic N) is 2. The summed E-state index contributed by atoms with van der Waals surface area (Å²) in [7, 11) is 1.23. The van der Waals surface area contributed by atoms with E-state index < -0.39 is 10.2 Å². The van der Waals surface area contributed by atoms with Crippen molar-refractivity contribution in [2.45, 2.75) is 0 Å². The van der Waals surface area contributed by atoms with Gasteiger partial charge in [0.05, 0.1) is 29.2 Å². The molecule has 16 heavy (non-hydrogen) atoms. The van der Waals surface area contributed by atoms with Crippen LogP contribution in [0.4, 0.5) is 5.69 Å². The third kappa shape index (κ3) is 2.10. The largest absolute Gasteiger partial charge is 0.496 e. The Labute approximate surface area is 95.2 Å². The predicted molar refractivity (Wildman–Crippen MR) is 54.5 cm³/mol. The van der Waals surface area contributed by atoms with E-state index >= 15 is 0 Å². The molecule has 0 aliphatic rings. The SMILES string of the molecule is COc1cc([N+](=O)[O-])cc(C#N)c1C(=O)Cl. The second-order valence-electron chi connectivity index (χ2n) is 2.71. The van der Waals surface area contributed by atoms with Crippen molar-refractivity contribution in [1.29, 1.82) is 5.26 Å². The fourth-order valence-corrected chi connectivity index (χ4v) is 1.35. The lowest BCUT2D eigenvalue weighted by atomic mass is 10.1. The highest BCUT2D eigenvalue weighted by Gasteiger charge is 2.21. The summed E-state index contributed by atoms with van der Waals surface area (Å²) >= 11 is 5.26. The topological polar surface area (TPSA) is 93.2 Å². The van der Waals surface area contributed by atoms with E-state index in [1.54, 1.807) is 6.07 Å². The lowest BCUT2D eigenvalue weighted by Gasteiger charge is -2.05. The Morgan fingerprint density at radius 3 is 2.62 bits per heavy atom. The van der Waals surface area contributed by atoms with Gasteiger partial charge in [0.1, 0.15) is 11.8 Å². The highest BCUT2D eigenvalue weighted by Crippen LogP contribution is 2.29. The first kappa shape index (κ1) is 11.9. The molecule has 82 valence electrons. The molecule has 0 aliphatic carbocycles. The molecule has 0 amide bonds. The van der Waals surface area contributed by atoms with Crippen LogP contribution in [-0.2, 0) is 0 Å². The van der Waals surface area contributed by atoms with Crippen molar-refractivity contribution in [3.8, 4) is 11.8 Å². The monoisotopic (exact) mass is 240 g/mol. The molecule has 0 aliphatic heterocycles. The molecular formula is C9H5ClN2O4. The number of non-ortho nitro benzene ring substituents is 1. The summed E-state index contributed by atoms with van der Waals surface area (Å²) in [4.78, 5) is 20.9. The van der Waals surface area contributed by atoms with E-state index in [4.69, 9.17) is 21.6 Å². The van der Waals surface area contributed by atoms with Crippen LogP contribution in [-0.4, -0.2) is 17.3 Å². The first-order valence-electron chi connectivity index (χ1n) is 3.97. The van der Waals surface area contributed by atoms with Crippen LogP contribution in [0.5, 0.6) is 5.75 Å². The molecule has 0 atom stereocenters. The quantitative estimate of drug-likeness (QED) is 0.457. The van der Waals surface area contributed by atoms with Gasteiger partial charge in [-0.2, -0.15) is 5.26 Å². The van der Waals surface area contributed by atoms with E-state index in [1.807, 2.05) is 0 Å². The lowest BCUT2D eigenvalue weighted by Crippen LogP contribution is -2.01. The Morgan fingerprint density at radius 1 is 1.62 bits per heavy atom.